The molecule has 2 atom stereocenters. The van der Waals surface area contributed by atoms with Crippen molar-refractivity contribution in [3.8, 4) is 5.75 Å². The summed E-state index contributed by atoms with van der Waals surface area (Å²) in [6, 6.07) is 5.73. The molecule has 3 nitrogen and oxygen atoms in total. The van der Waals surface area contributed by atoms with Gasteiger partial charge in [-0.2, -0.15) is 0 Å². The molecule has 1 aromatic carbocycles. The first kappa shape index (κ1) is 12.2. The van der Waals surface area contributed by atoms with E-state index in [9.17, 15) is 5.11 Å². The van der Waals surface area contributed by atoms with Crippen molar-refractivity contribution in [2.75, 3.05) is 18.0 Å². The lowest BCUT2D eigenvalue weighted by Crippen LogP contribution is -2.19. The molecule has 0 amide bonds. The molecule has 0 saturated carbocycles. The molecule has 2 rings (SSSR count). The number of nitrogens with zero attached hydrogens (tertiary/aromatic N) is 1. The Balaban J connectivity index is 2.15. The van der Waals surface area contributed by atoms with Gasteiger partial charge in [0.15, 0.2) is 0 Å². The van der Waals surface area contributed by atoms with Gasteiger partial charge in [-0.1, -0.05) is 19.4 Å². The van der Waals surface area contributed by atoms with E-state index in [-0.39, 0.29) is 6.04 Å². The molecule has 94 valence electrons. The zero-order valence-electron chi connectivity index (χ0n) is 10.7. The molecule has 0 radical (unpaired) electrons. The van der Waals surface area contributed by atoms with Crippen LogP contribution >= 0.6 is 0 Å². The summed E-state index contributed by atoms with van der Waals surface area (Å²) in [7, 11) is 0. The van der Waals surface area contributed by atoms with E-state index in [1.165, 1.54) is 12.8 Å². The molecule has 0 aliphatic carbocycles. The molecule has 3 N–H and O–H groups in total. The summed E-state index contributed by atoms with van der Waals surface area (Å²) in [5, 5.41) is 9.94. The third-order valence-electron chi connectivity index (χ3n) is 3.73. The van der Waals surface area contributed by atoms with E-state index in [1.807, 2.05) is 19.1 Å². The van der Waals surface area contributed by atoms with E-state index >= 15 is 0 Å². The van der Waals surface area contributed by atoms with Crippen molar-refractivity contribution < 1.29 is 5.11 Å². The zero-order valence-corrected chi connectivity index (χ0v) is 10.7. The van der Waals surface area contributed by atoms with Crippen LogP contribution in [0.3, 0.4) is 0 Å². The predicted octanol–water partition coefficient (Wildman–Crippen LogP) is 2.65. The number of rotatable bonds is 3. The Kier molecular flexibility index (Phi) is 3.57. The van der Waals surface area contributed by atoms with Crippen molar-refractivity contribution >= 4 is 5.69 Å². The summed E-state index contributed by atoms with van der Waals surface area (Å²) in [6.07, 6.45) is 2.49. The molecule has 1 aliphatic rings. The second kappa shape index (κ2) is 4.96. The normalized spacial score (nSPS) is 21.8. The van der Waals surface area contributed by atoms with Gasteiger partial charge in [-0.05, 0) is 25.3 Å². The molecule has 17 heavy (non-hydrogen) atoms. The first-order valence-electron chi connectivity index (χ1n) is 6.45. The number of phenols is 1. The topological polar surface area (TPSA) is 49.5 Å². The van der Waals surface area contributed by atoms with Crippen LogP contribution in [0.2, 0.25) is 0 Å². The Bertz CT molecular complexity index is 390. The van der Waals surface area contributed by atoms with Crippen LogP contribution in [-0.2, 0) is 0 Å². The van der Waals surface area contributed by atoms with E-state index in [4.69, 9.17) is 5.73 Å². The Hall–Kier alpha value is -1.22. The highest BCUT2D eigenvalue weighted by Crippen LogP contribution is 2.31. The maximum absolute atomic E-state index is 9.94. The van der Waals surface area contributed by atoms with Crippen molar-refractivity contribution in [2.24, 2.45) is 11.7 Å². The summed E-state index contributed by atoms with van der Waals surface area (Å²) in [5.41, 5.74) is 7.72. The van der Waals surface area contributed by atoms with Gasteiger partial charge in [0.05, 0.1) is 0 Å². The van der Waals surface area contributed by atoms with Gasteiger partial charge < -0.3 is 15.7 Å². The van der Waals surface area contributed by atoms with E-state index < -0.39 is 0 Å². The van der Waals surface area contributed by atoms with E-state index in [1.54, 1.807) is 0 Å². The summed E-state index contributed by atoms with van der Waals surface area (Å²) in [6.45, 7) is 6.32. The molecule has 1 fully saturated rings. The average Bonchev–Trinajstić information content (AvgIpc) is 2.76. The van der Waals surface area contributed by atoms with Gasteiger partial charge in [0.2, 0.25) is 0 Å². The van der Waals surface area contributed by atoms with Gasteiger partial charge in [-0.3, -0.25) is 0 Å². The molecule has 1 aliphatic heterocycles. The monoisotopic (exact) mass is 234 g/mol. The van der Waals surface area contributed by atoms with Crippen LogP contribution in [0.1, 0.15) is 38.3 Å². The van der Waals surface area contributed by atoms with Crippen LogP contribution < -0.4 is 10.6 Å². The lowest BCUT2D eigenvalue weighted by atomic mass is 10.1. The summed E-state index contributed by atoms with van der Waals surface area (Å²) in [5.74, 6) is 1.11. The van der Waals surface area contributed by atoms with Crippen LogP contribution in [0, 0.1) is 5.92 Å². The van der Waals surface area contributed by atoms with Crippen molar-refractivity contribution in [2.45, 2.75) is 32.7 Å². The van der Waals surface area contributed by atoms with Gasteiger partial charge in [-0.25, -0.2) is 0 Å². The van der Waals surface area contributed by atoms with Crippen molar-refractivity contribution in [1.82, 2.24) is 0 Å². The minimum absolute atomic E-state index is 0.119. The quantitative estimate of drug-likeness (QED) is 0.845. The molecule has 2 unspecified atom stereocenters. The maximum atomic E-state index is 9.94. The number of anilines is 1. The SMILES string of the molecule is CCC1CCN(c2ccc(C(C)N)c(O)c2)C1. The first-order chi connectivity index (χ1) is 8.11. The lowest BCUT2D eigenvalue weighted by Gasteiger charge is -2.20. The van der Waals surface area contributed by atoms with Gasteiger partial charge >= 0.3 is 0 Å². The molecule has 1 aromatic rings. The third-order valence-corrected chi connectivity index (χ3v) is 3.73. The number of phenolic OH excluding ortho intramolecular Hbond substituents is 1. The average molecular weight is 234 g/mol. The zero-order chi connectivity index (χ0) is 12.4. The Morgan fingerprint density at radius 2 is 2.29 bits per heavy atom. The van der Waals surface area contributed by atoms with E-state index in [2.05, 4.69) is 17.9 Å². The number of hydrogen-bond acceptors (Lipinski definition) is 3. The van der Waals surface area contributed by atoms with Gasteiger partial charge in [-0.15, -0.1) is 0 Å². The number of benzene rings is 1. The summed E-state index contributed by atoms with van der Waals surface area (Å²) < 4.78 is 0. The van der Waals surface area contributed by atoms with Gasteiger partial charge in [0, 0.05) is 36.4 Å². The minimum atomic E-state index is -0.119. The lowest BCUT2D eigenvalue weighted by molar-refractivity contribution is 0.463. The van der Waals surface area contributed by atoms with Gasteiger partial charge in [0.1, 0.15) is 5.75 Å². The fourth-order valence-corrected chi connectivity index (χ4v) is 2.51. The summed E-state index contributed by atoms with van der Waals surface area (Å²) >= 11 is 0. The fourth-order valence-electron chi connectivity index (χ4n) is 2.51. The molecular weight excluding hydrogens is 212 g/mol. The fraction of sp³-hybridized carbons (Fsp3) is 0.571. The molecule has 1 saturated heterocycles. The second-order valence-corrected chi connectivity index (χ2v) is 5.04. The smallest absolute Gasteiger partial charge is 0.122 e. The molecular formula is C14H22N2O. The molecule has 0 aromatic heterocycles. The summed E-state index contributed by atoms with van der Waals surface area (Å²) in [4.78, 5) is 2.35. The number of aromatic hydroxyl groups is 1. The second-order valence-electron chi connectivity index (χ2n) is 5.04. The Morgan fingerprint density at radius 1 is 1.53 bits per heavy atom. The van der Waals surface area contributed by atoms with Crippen LogP contribution in [0.15, 0.2) is 18.2 Å². The molecule has 1 heterocycles. The highest BCUT2D eigenvalue weighted by molar-refractivity contribution is 5.54. The van der Waals surface area contributed by atoms with E-state index in [0.29, 0.717) is 5.75 Å². The van der Waals surface area contributed by atoms with Crippen molar-refractivity contribution in [3.63, 3.8) is 0 Å². The number of hydrogen-bond donors (Lipinski definition) is 2. The van der Waals surface area contributed by atoms with Gasteiger partial charge in [0.25, 0.3) is 0 Å². The minimum Gasteiger partial charge on any atom is -0.508 e. The molecule has 0 bridgehead atoms. The van der Waals surface area contributed by atoms with E-state index in [0.717, 1.165) is 30.3 Å². The van der Waals surface area contributed by atoms with Crippen LogP contribution in [0.4, 0.5) is 5.69 Å². The van der Waals surface area contributed by atoms with Crippen LogP contribution in [0.25, 0.3) is 0 Å². The van der Waals surface area contributed by atoms with Crippen molar-refractivity contribution in [1.29, 1.82) is 0 Å². The van der Waals surface area contributed by atoms with Crippen LogP contribution in [0.5, 0.6) is 5.75 Å². The van der Waals surface area contributed by atoms with Crippen LogP contribution in [-0.4, -0.2) is 18.2 Å². The predicted molar refractivity (Wildman–Crippen MR) is 71.3 cm³/mol. The Morgan fingerprint density at radius 3 is 2.82 bits per heavy atom. The highest BCUT2D eigenvalue weighted by Gasteiger charge is 2.21. The molecule has 0 spiro atoms. The third kappa shape index (κ3) is 2.55. The number of nitrogens with two attached hydrogens (primary N) is 1. The van der Waals surface area contributed by atoms with Crippen molar-refractivity contribution in [3.05, 3.63) is 23.8 Å². The standard InChI is InChI=1S/C14H22N2O/c1-3-11-6-7-16(9-11)12-4-5-13(10(2)15)14(17)8-12/h4-5,8,10-11,17H,3,6-7,9,15H2,1-2H3. The Labute approximate surface area is 103 Å². The molecule has 3 heteroatoms. The first-order valence-corrected chi connectivity index (χ1v) is 6.45. The highest BCUT2D eigenvalue weighted by atomic mass is 16.3. The maximum Gasteiger partial charge on any atom is 0.122 e. The largest absolute Gasteiger partial charge is 0.508 e.